The maximum absolute atomic E-state index is 9.33. The lowest BCUT2D eigenvalue weighted by Crippen LogP contribution is -1.83. The van der Waals surface area contributed by atoms with Crippen LogP contribution in [0.1, 0.15) is 63.2 Å². The number of aromatic hydroxyl groups is 1. The predicted octanol–water partition coefficient (Wildman–Crippen LogP) is 6.20. The van der Waals surface area contributed by atoms with Gasteiger partial charge in [0.2, 0.25) is 0 Å². The predicted molar refractivity (Wildman–Crippen MR) is 95.5 cm³/mol. The first kappa shape index (κ1) is 17.0. The quantitative estimate of drug-likeness (QED) is 0.529. The van der Waals surface area contributed by atoms with Crippen molar-refractivity contribution in [3.8, 4) is 16.3 Å². The number of nitrogens with zero attached hydrogens (tertiary/aromatic N) is 1. The van der Waals surface area contributed by atoms with Crippen LogP contribution in [-0.2, 0) is 6.42 Å². The highest BCUT2D eigenvalue weighted by Crippen LogP contribution is 2.27. The van der Waals surface area contributed by atoms with E-state index in [0.29, 0.717) is 5.75 Å². The molecule has 2 rings (SSSR count). The minimum absolute atomic E-state index is 0.305. The highest BCUT2D eigenvalue weighted by atomic mass is 32.1. The normalized spacial score (nSPS) is 11.0. The van der Waals surface area contributed by atoms with Crippen molar-refractivity contribution in [3.05, 3.63) is 35.3 Å². The first-order valence-corrected chi connectivity index (χ1v) is 9.35. The second-order valence-electron chi connectivity index (χ2n) is 5.90. The molecule has 0 saturated carbocycles. The lowest BCUT2D eigenvalue weighted by molar-refractivity contribution is 0.475. The van der Waals surface area contributed by atoms with Gasteiger partial charge >= 0.3 is 0 Å². The summed E-state index contributed by atoms with van der Waals surface area (Å²) in [5.41, 5.74) is 1.09. The van der Waals surface area contributed by atoms with Gasteiger partial charge in [0, 0.05) is 16.6 Å². The number of unbranched alkanes of at least 4 members (excludes halogenated alkanes) is 7. The molecule has 0 amide bonds. The molecule has 3 heteroatoms. The number of aryl methyl sites for hydroxylation is 1. The van der Waals surface area contributed by atoms with E-state index in [1.165, 1.54) is 56.2 Å². The van der Waals surface area contributed by atoms with Gasteiger partial charge < -0.3 is 5.11 Å². The Balaban J connectivity index is 1.66. The number of phenolic OH excluding ortho intramolecular Hbond substituents is 1. The monoisotopic (exact) mass is 317 g/mol. The van der Waals surface area contributed by atoms with Gasteiger partial charge in [-0.3, -0.25) is 0 Å². The minimum Gasteiger partial charge on any atom is -0.508 e. The number of thiazole rings is 1. The molecule has 1 aromatic heterocycles. The van der Waals surface area contributed by atoms with Crippen LogP contribution in [0.2, 0.25) is 0 Å². The van der Waals surface area contributed by atoms with Gasteiger partial charge in [0.1, 0.15) is 10.8 Å². The van der Waals surface area contributed by atoms with Crippen molar-refractivity contribution >= 4 is 11.3 Å². The minimum atomic E-state index is 0.305. The SMILES string of the molecule is CCCCCCCCCCc1cnc(-c2ccc(O)cc2)s1. The molecule has 0 atom stereocenters. The molecular weight excluding hydrogens is 290 g/mol. The molecule has 0 unspecified atom stereocenters. The summed E-state index contributed by atoms with van der Waals surface area (Å²) < 4.78 is 0. The summed E-state index contributed by atoms with van der Waals surface area (Å²) >= 11 is 1.77. The maximum Gasteiger partial charge on any atom is 0.123 e. The molecule has 0 radical (unpaired) electrons. The fraction of sp³-hybridized carbons (Fsp3) is 0.526. The van der Waals surface area contributed by atoms with E-state index in [1.807, 2.05) is 18.3 Å². The van der Waals surface area contributed by atoms with Gasteiger partial charge in [-0.15, -0.1) is 11.3 Å². The van der Waals surface area contributed by atoms with E-state index in [-0.39, 0.29) is 0 Å². The first-order valence-electron chi connectivity index (χ1n) is 8.53. The molecule has 0 aliphatic rings. The fourth-order valence-corrected chi connectivity index (χ4v) is 3.55. The maximum atomic E-state index is 9.33. The molecule has 0 spiro atoms. The van der Waals surface area contributed by atoms with Crippen molar-refractivity contribution in [1.82, 2.24) is 4.98 Å². The van der Waals surface area contributed by atoms with Gasteiger partial charge in [0.05, 0.1) is 0 Å². The topological polar surface area (TPSA) is 33.1 Å². The lowest BCUT2D eigenvalue weighted by atomic mass is 10.1. The second-order valence-corrected chi connectivity index (χ2v) is 7.02. The van der Waals surface area contributed by atoms with Crippen LogP contribution in [0, 0.1) is 0 Å². The van der Waals surface area contributed by atoms with Gasteiger partial charge in [0.15, 0.2) is 0 Å². The summed E-state index contributed by atoms with van der Waals surface area (Å²) in [5, 5.41) is 10.4. The molecule has 0 saturated heterocycles. The summed E-state index contributed by atoms with van der Waals surface area (Å²) in [6, 6.07) is 7.28. The number of rotatable bonds is 10. The van der Waals surface area contributed by atoms with Gasteiger partial charge in [-0.05, 0) is 37.1 Å². The summed E-state index contributed by atoms with van der Waals surface area (Å²) in [7, 11) is 0. The number of benzene rings is 1. The van der Waals surface area contributed by atoms with Crippen molar-refractivity contribution in [3.63, 3.8) is 0 Å². The van der Waals surface area contributed by atoms with E-state index in [4.69, 9.17) is 0 Å². The van der Waals surface area contributed by atoms with Gasteiger partial charge in [-0.1, -0.05) is 51.9 Å². The van der Waals surface area contributed by atoms with Crippen LogP contribution in [-0.4, -0.2) is 10.1 Å². The van der Waals surface area contributed by atoms with Gasteiger partial charge in [-0.2, -0.15) is 0 Å². The first-order chi connectivity index (χ1) is 10.8. The third-order valence-electron chi connectivity index (χ3n) is 3.94. The molecule has 0 aliphatic carbocycles. The molecule has 0 aliphatic heterocycles. The summed E-state index contributed by atoms with van der Waals surface area (Å²) in [4.78, 5) is 5.87. The van der Waals surface area contributed by atoms with E-state index in [0.717, 1.165) is 17.0 Å². The molecule has 2 nitrogen and oxygen atoms in total. The summed E-state index contributed by atoms with van der Waals surface area (Å²) in [6.45, 7) is 2.27. The average Bonchev–Trinajstić information content (AvgIpc) is 2.99. The van der Waals surface area contributed by atoms with Crippen LogP contribution in [0.15, 0.2) is 30.5 Å². The molecule has 0 fully saturated rings. The van der Waals surface area contributed by atoms with E-state index in [9.17, 15) is 5.11 Å². The Labute approximate surface area is 138 Å². The molecule has 1 heterocycles. The summed E-state index contributed by atoms with van der Waals surface area (Å²) in [6.07, 6.45) is 14.0. The zero-order valence-corrected chi connectivity index (χ0v) is 14.4. The number of hydrogen-bond acceptors (Lipinski definition) is 3. The number of phenols is 1. The average molecular weight is 317 g/mol. The van der Waals surface area contributed by atoms with Crippen molar-refractivity contribution in [2.24, 2.45) is 0 Å². The van der Waals surface area contributed by atoms with Crippen molar-refractivity contribution < 1.29 is 5.11 Å². The third kappa shape index (κ3) is 5.80. The number of hydrogen-bond donors (Lipinski definition) is 1. The zero-order chi connectivity index (χ0) is 15.6. The Hall–Kier alpha value is -1.35. The Morgan fingerprint density at radius 3 is 2.23 bits per heavy atom. The second kappa shape index (κ2) is 9.62. The fourth-order valence-electron chi connectivity index (χ4n) is 2.59. The van der Waals surface area contributed by atoms with Gasteiger partial charge in [0.25, 0.3) is 0 Å². The Bertz CT molecular complexity index is 533. The van der Waals surface area contributed by atoms with Crippen molar-refractivity contribution in [2.45, 2.75) is 64.7 Å². The van der Waals surface area contributed by atoms with Crippen LogP contribution in [0.25, 0.3) is 10.6 Å². The smallest absolute Gasteiger partial charge is 0.123 e. The van der Waals surface area contributed by atoms with Crippen LogP contribution in [0.5, 0.6) is 5.75 Å². The highest BCUT2D eigenvalue weighted by Gasteiger charge is 2.04. The van der Waals surface area contributed by atoms with Crippen LogP contribution in [0.4, 0.5) is 0 Å². The molecule has 2 aromatic rings. The van der Waals surface area contributed by atoms with Crippen LogP contribution < -0.4 is 0 Å². The molecule has 1 N–H and O–H groups in total. The lowest BCUT2D eigenvalue weighted by Gasteiger charge is -2.00. The Morgan fingerprint density at radius 1 is 0.909 bits per heavy atom. The molecule has 1 aromatic carbocycles. The molecule has 0 bridgehead atoms. The van der Waals surface area contributed by atoms with Crippen molar-refractivity contribution in [2.75, 3.05) is 0 Å². The van der Waals surface area contributed by atoms with Crippen LogP contribution in [0.3, 0.4) is 0 Å². The zero-order valence-electron chi connectivity index (χ0n) is 13.6. The third-order valence-corrected chi connectivity index (χ3v) is 5.05. The van der Waals surface area contributed by atoms with E-state index in [1.54, 1.807) is 23.5 Å². The van der Waals surface area contributed by atoms with E-state index >= 15 is 0 Å². The molecular formula is C19H27NOS. The van der Waals surface area contributed by atoms with Gasteiger partial charge in [-0.25, -0.2) is 4.98 Å². The number of aromatic nitrogens is 1. The van der Waals surface area contributed by atoms with E-state index in [2.05, 4.69) is 11.9 Å². The molecule has 22 heavy (non-hydrogen) atoms. The van der Waals surface area contributed by atoms with Crippen molar-refractivity contribution in [1.29, 1.82) is 0 Å². The Kier molecular flexibility index (Phi) is 7.44. The Morgan fingerprint density at radius 2 is 1.55 bits per heavy atom. The van der Waals surface area contributed by atoms with Crippen LogP contribution >= 0.6 is 11.3 Å². The van der Waals surface area contributed by atoms with E-state index < -0.39 is 0 Å². The highest BCUT2D eigenvalue weighted by molar-refractivity contribution is 7.15. The standard InChI is InChI=1S/C19H27NOS/c1-2-3-4-5-6-7-8-9-10-18-15-20-19(22-18)16-11-13-17(21)14-12-16/h11-15,21H,2-10H2,1H3. The molecule has 120 valence electrons. The summed E-state index contributed by atoms with van der Waals surface area (Å²) in [5.74, 6) is 0.305. The largest absolute Gasteiger partial charge is 0.508 e.